The molecule has 3 rings (SSSR count). The van der Waals surface area contributed by atoms with Crippen molar-refractivity contribution in [1.29, 1.82) is 0 Å². The number of ketones is 1. The van der Waals surface area contributed by atoms with Crippen molar-refractivity contribution in [2.45, 2.75) is 45.4 Å². The first kappa shape index (κ1) is 22.8. The third-order valence-electron chi connectivity index (χ3n) is 6.58. The number of rotatable bonds is 8. The minimum Gasteiger partial charge on any atom is -0.496 e. The molecule has 2 aromatic carbocycles. The number of hydrogen-bond acceptors (Lipinski definition) is 4. The van der Waals surface area contributed by atoms with E-state index in [4.69, 9.17) is 9.47 Å². The zero-order valence-corrected chi connectivity index (χ0v) is 18.2. The van der Waals surface area contributed by atoms with Crippen LogP contribution >= 0.6 is 0 Å². The van der Waals surface area contributed by atoms with Gasteiger partial charge in [-0.05, 0) is 67.5 Å². The van der Waals surface area contributed by atoms with E-state index < -0.39 is 17.2 Å². The van der Waals surface area contributed by atoms with Crippen LogP contribution in [0.5, 0.6) is 11.5 Å². The van der Waals surface area contributed by atoms with E-state index in [1.165, 1.54) is 26.4 Å². The summed E-state index contributed by atoms with van der Waals surface area (Å²) in [5.41, 5.74) is 0.482. The van der Waals surface area contributed by atoms with Crippen LogP contribution in [0.15, 0.2) is 36.4 Å². The topological polar surface area (TPSA) is 72.8 Å². The van der Waals surface area contributed by atoms with Gasteiger partial charge in [0.2, 0.25) is 0 Å². The van der Waals surface area contributed by atoms with Gasteiger partial charge in [0.15, 0.2) is 17.3 Å². The van der Waals surface area contributed by atoms with Crippen LogP contribution in [0, 0.1) is 17.2 Å². The zero-order valence-electron chi connectivity index (χ0n) is 18.2. The molecule has 166 valence electrons. The molecule has 1 N–H and O–H groups in total. The van der Waals surface area contributed by atoms with Crippen LogP contribution in [0.25, 0.3) is 11.1 Å². The molecule has 0 bridgehead atoms. The summed E-state index contributed by atoms with van der Waals surface area (Å²) in [6, 6.07) is 9.48. The second-order valence-electron chi connectivity index (χ2n) is 8.30. The highest BCUT2D eigenvalue weighted by molar-refractivity contribution is 6.00. The smallest absolute Gasteiger partial charge is 0.310 e. The second-order valence-corrected chi connectivity index (χ2v) is 8.30. The molecule has 0 radical (unpaired) electrons. The Bertz CT molecular complexity index is 960. The van der Waals surface area contributed by atoms with E-state index in [1.807, 2.05) is 0 Å². The van der Waals surface area contributed by atoms with Gasteiger partial charge in [-0.25, -0.2) is 4.39 Å². The number of hydrogen-bond donors (Lipinski definition) is 1. The first-order chi connectivity index (χ1) is 14.8. The Balaban J connectivity index is 1.90. The average Bonchev–Trinajstić information content (AvgIpc) is 2.78. The molecule has 1 aliphatic carbocycles. The monoisotopic (exact) mass is 428 g/mol. The molecule has 5 nitrogen and oxygen atoms in total. The maximum absolute atomic E-state index is 14.2. The number of benzene rings is 2. The van der Waals surface area contributed by atoms with Crippen molar-refractivity contribution in [2.24, 2.45) is 11.3 Å². The highest BCUT2D eigenvalue weighted by Gasteiger charge is 2.43. The van der Waals surface area contributed by atoms with E-state index in [2.05, 4.69) is 6.92 Å². The average molecular weight is 429 g/mol. The summed E-state index contributed by atoms with van der Waals surface area (Å²) < 4.78 is 24.6. The molecule has 0 spiro atoms. The van der Waals surface area contributed by atoms with E-state index in [0.717, 1.165) is 19.3 Å². The van der Waals surface area contributed by atoms with Gasteiger partial charge in [-0.3, -0.25) is 9.59 Å². The maximum atomic E-state index is 14.2. The minimum atomic E-state index is -1.02. The van der Waals surface area contributed by atoms with Gasteiger partial charge in [-0.1, -0.05) is 19.4 Å². The zero-order chi connectivity index (χ0) is 22.6. The van der Waals surface area contributed by atoms with E-state index in [0.29, 0.717) is 41.2 Å². The highest BCUT2D eigenvalue weighted by Crippen LogP contribution is 2.44. The fourth-order valence-electron chi connectivity index (χ4n) is 4.46. The summed E-state index contributed by atoms with van der Waals surface area (Å²) in [7, 11) is 2.90. The van der Waals surface area contributed by atoms with E-state index in [9.17, 15) is 19.1 Å². The number of carboxylic acids is 1. The molecule has 1 fully saturated rings. The largest absolute Gasteiger partial charge is 0.496 e. The van der Waals surface area contributed by atoms with Crippen LogP contribution in [-0.2, 0) is 4.79 Å². The van der Waals surface area contributed by atoms with E-state index >= 15 is 0 Å². The molecule has 0 saturated heterocycles. The Kier molecular flexibility index (Phi) is 6.98. The molecular weight excluding hydrogens is 399 g/mol. The third-order valence-corrected chi connectivity index (χ3v) is 6.58. The lowest BCUT2D eigenvalue weighted by Gasteiger charge is -2.36. The number of carbonyl (C=O) groups is 2. The van der Waals surface area contributed by atoms with Crippen LogP contribution in [0.2, 0.25) is 0 Å². The van der Waals surface area contributed by atoms with Gasteiger partial charge in [-0.2, -0.15) is 0 Å². The fraction of sp³-hybridized carbons (Fsp3) is 0.440. The van der Waals surface area contributed by atoms with Gasteiger partial charge in [0.05, 0.1) is 19.6 Å². The molecule has 31 heavy (non-hydrogen) atoms. The number of carboxylic acid groups (broad SMARTS) is 1. The molecule has 1 aliphatic rings. The highest BCUT2D eigenvalue weighted by atomic mass is 19.1. The van der Waals surface area contributed by atoms with Gasteiger partial charge >= 0.3 is 5.97 Å². The van der Waals surface area contributed by atoms with Crippen molar-refractivity contribution in [1.82, 2.24) is 0 Å². The van der Waals surface area contributed by atoms with Crippen LogP contribution in [0.3, 0.4) is 0 Å². The van der Waals surface area contributed by atoms with Gasteiger partial charge in [0.1, 0.15) is 5.75 Å². The lowest BCUT2D eigenvalue weighted by molar-refractivity contribution is -0.151. The first-order valence-corrected chi connectivity index (χ1v) is 10.6. The van der Waals surface area contributed by atoms with E-state index in [1.54, 1.807) is 24.3 Å². The number of halogens is 1. The van der Waals surface area contributed by atoms with Gasteiger partial charge in [0, 0.05) is 17.5 Å². The lowest BCUT2D eigenvalue weighted by Crippen LogP contribution is -2.37. The van der Waals surface area contributed by atoms with Crippen molar-refractivity contribution in [3.63, 3.8) is 0 Å². The number of aliphatic carboxylic acids is 1. The predicted octanol–water partition coefficient (Wildman–Crippen LogP) is 5.75. The summed E-state index contributed by atoms with van der Waals surface area (Å²) in [5, 5.41) is 9.91. The Labute approximate surface area is 182 Å². The van der Waals surface area contributed by atoms with Gasteiger partial charge < -0.3 is 14.6 Å². The number of ether oxygens (including phenoxy) is 2. The molecule has 2 aromatic rings. The summed E-state index contributed by atoms with van der Waals surface area (Å²) in [6.45, 7) is 2.12. The minimum absolute atomic E-state index is 0.0402. The lowest BCUT2D eigenvalue weighted by atomic mass is 9.67. The molecule has 0 heterocycles. The van der Waals surface area contributed by atoms with Gasteiger partial charge in [0.25, 0.3) is 0 Å². The number of carbonyl (C=O) groups excluding carboxylic acids is 1. The van der Waals surface area contributed by atoms with Crippen LogP contribution in [0.1, 0.15) is 55.8 Å². The van der Waals surface area contributed by atoms with Crippen molar-refractivity contribution in [2.75, 3.05) is 14.2 Å². The number of Topliss-reactive ketones (excluding diaryl/α,β-unsaturated/α-hetero) is 1. The Morgan fingerprint density at radius 1 is 1.06 bits per heavy atom. The van der Waals surface area contributed by atoms with Crippen LogP contribution in [0.4, 0.5) is 4.39 Å². The molecule has 0 atom stereocenters. The molecular formula is C25H29FO5. The fourth-order valence-corrected chi connectivity index (χ4v) is 4.46. The molecule has 0 aromatic heterocycles. The van der Waals surface area contributed by atoms with E-state index in [-0.39, 0.29) is 18.0 Å². The van der Waals surface area contributed by atoms with Crippen molar-refractivity contribution >= 4 is 11.8 Å². The third kappa shape index (κ3) is 4.73. The molecule has 1 saturated carbocycles. The summed E-state index contributed by atoms with van der Waals surface area (Å²) >= 11 is 0. The summed E-state index contributed by atoms with van der Waals surface area (Å²) in [5.74, 6) is -0.494. The molecule has 0 aliphatic heterocycles. The summed E-state index contributed by atoms with van der Waals surface area (Å²) in [4.78, 5) is 25.2. The second kappa shape index (κ2) is 9.50. The van der Waals surface area contributed by atoms with Crippen molar-refractivity contribution in [3.8, 4) is 22.6 Å². The standard InChI is InChI=1S/C25H29FO5/c1-4-16-9-11-25(12-10-16,24(28)29)15-21(27)18-6-7-22(30-2)19(13-18)17-5-8-23(31-3)20(26)14-17/h5-8,13-14,16H,4,9-12,15H2,1-3H3,(H,28,29). The Morgan fingerprint density at radius 2 is 1.71 bits per heavy atom. The first-order valence-electron chi connectivity index (χ1n) is 10.6. The molecule has 0 unspecified atom stereocenters. The van der Waals surface area contributed by atoms with Crippen LogP contribution in [-0.4, -0.2) is 31.1 Å². The quantitative estimate of drug-likeness (QED) is 0.542. The summed E-state index contributed by atoms with van der Waals surface area (Å²) in [6.07, 6.45) is 3.67. The molecule has 6 heteroatoms. The Morgan fingerprint density at radius 3 is 2.26 bits per heavy atom. The van der Waals surface area contributed by atoms with Crippen molar-refractivity contribution in [3.05, 3.63) is 47.8 Å². The Hall–Kier alpha value is -2.89. The normalized spacial score (nSPS) is 20.8. The molecule has 0 amide bonds. The van der Waals surface area contributed by atoms with Crippen molar-refractivity contribution < 1.29 is 28.6 Å². The maximum Gasteiger partial charge on any atom is 0.310 e. The van der Waals surface area contributed by atoms with Gasteiger partial charge in [-0.15, -0.1) is 0 Å². The van der Waals surface area contributed by atoms with Crippen LogP contribution < -0.4 is 9.47 Å². The number of methoxy groups -OCH3 is 2. The predicted molar refractivity (Wildman–Crippen MR) is 116 cm³/mol. The SMILES string of the molecule is CCC1CCC(CC(=O)c2ccc(OC)c(-c3ccc(OC)c(F)c3)c2)(C(=O)O)CC1.